The van der Waals surface area contributed by atoms with Gasteiger partial charge in [-0.1, -0.05) is 45.0 Å². The molecule has 5 heteroatoms. The third kappa shape index (κ3) is 6.34. The first-order valence-corrected chi connectivity index (χ1v) is 10.3. The lowest BCUT2D eigenvalue weighted by atomic mass is 9.98. The van der Waals surface area contributed by atoms with Crippen LogP contribution >= 0.6 is 0 Å². The van der Waals surface area contributed by atoms with E-state index in [-0.39, 0.29) is 17.9 Å². The van der Waals surface area contributed by atoms with Crippen LogP contribution in [0.2, 0.25) is 0 Å². The van der Waals surface area contributed by atoms with Crippen molar-refractivity contribution >= 4 is 17.5 Å². The normalized spacial score (nSPS) is 12.9. The topological polar surface area (TPSA) is 67.4 Å². The molecule has 0 aliphatic rings. The van der Waals surface area contributed by atoms with Crippen molar-refractivity contribution in [2.45, 2.75) is 65.5 Å². The summed E-state index contributed by atoms with van der Waals surface area (Å²) in [5.41, 5.74) is 2.19. The summed E-state index contributed by atoms with van der Waals surface area (Å²) in [5.74, 6) is 0.701. The second-order valence-corrected chi connectivity index (χ2v) is 7.56. The smallest absolute Gasteiger partial charge is 0.265 e. The fraction of sp³-hybridized carbons (Fsp3) is 0.417. The van der Waals surface area contributed by atoms with Gasteiger partial charge < -0.3 is 15.4 Å². The van der Waals surface area contributed by atoms with Gasteiger partial charge in [-0.05, 0) is 62.4 Å². The molecule has 2 amide bonds. The van der Waals surface area contributed by atoms with Crippen molar-refractivity contribution in [3.8, 4) is 5.75 Å². The predicted molar refractivity (Wildman–Crippen MR) is 118 cm³/mol. The van der Waals surface area contributed by atoms with Crippen LogP contribution in [0.3, 0.4) is 0 Å². The van der Waals surface area contributed by atoms with Gasteiger partial charge >= 0.3 is 0 Å². The molecule has 2 aromatic rings. The molecule has 2 N–H and O–H groups in total. The maximum atomic E-state index is 12.8. The fourth-order valence-corrected chi connectivity index (χ4v) is 3.00. The van der Waals surface area contributed by atoms with Crippen LogP contribution in [0.1, 0.15) is 69.3 Å². The number of benzene rings is 2. The van der Waals surface area contributed by atoms with Gasteiger partial charge in [0.25, 0.3) is 11.8 Å². The third-order valence-electron chi connectivity index (χ3n) is 4.81. The average Bonchev–Trinajstić information content (AvgIpc) is 2.71. The molecule has 0 fully saturated rings. The van der Waals surface area contributed by atoms with Gasteiger partial charge in [-0.2, -0.15) is 0 Å². The van der Waals surface area contributed by atoms with E-state index < -0.39 is 6.10 Å². The van der Waals surface area contributed by atoms with E-state index in [1.54, 1.807) is 24.3 Å². The number of carbonyl (C=O) groups excluding carboxylic acids is 2. The number of hydrogen-bond donors (Lipinski definition) is 2. The Hall–Kier alpha value is -2.82. The van der Waals surface area contributed by atoms with Crippen LogP contribution in [0, 0.1) is 0 Å². The molecule has 156 valence electrons. The minimum atomic E-state index is -0.617. The zero-order valence-corrected chi connectivity index (χ0v) is 18.0. The molecule has 2 rings (SSSR count). The second kappa shape index (κ2) is 10.6. The molecule has 0 saturated heterocycles. The van der Waals surface area contributed by atoms with Crippen molar-refractivity contribution in [1.82, 2.24) is 5.32 Å². The van der Waals surface area contributed by atoms with Gasteiger partial charge in [-0.3, -0.25) is 9.59 Å². The maximum Gasteiger partial charge on any atom is 0.265 e. The number of para-hydroxylation sites is 1. The molecule has 0 aromatic heterocycles. The fourth-order valence-electron chi connectivity index (χ4n) is 3.00. The van der Waals surface area contributed by atoms with Crippen molar-refractivity contribution in [1.29, 1.82) is 0 Å². The van der Waals surface area contributed by atoms with Gasteiger partial charge in [0, 0.05) is 17.3 Å². The molecular weight excluding hydrogens is 364 g/mol. The van der Waals surface area contributed by atoms with Crippen molar-refractivity contribution in [3.05, 3.63) is 59.7 Å². The van der Waals surface area contributed by atoms with Crippen LogP contribution in [0.4, 0.5) is 5.69 Å². The van der Waals surface area contributed by atoms with Crippen LogP contribution in [-0.4, -0.2) is 24.0 Å². The highest BCUT2D eigenvalue weighted by Gasteiger charge is 2.21. The quantitative estimate of drug-likeness (QED) is 0.617. The Kier molecular flexibility index (Phi) is 8.25. The number of amides is 2. The summed E-state index contributed by atoms with van der Waals surface area (Å²) < 4.78 is 6.09. The van der Waals surface area contributed by atoms with E-state index in [0.717, 1.165) is 17.7 Å². The Morgan fingerprint density at radius 1 is 0.966 bits per heavy atom. The monoisotopic (exact) mass is 396 g/mol. The number of hydrogen-bond acceptors (Lipinski definition) is 3. The lowest BCUT2D eigenvalue weighted by molar-refractivity contribution is -0.122. The first-order valence-electron chi connectivity index (χ1n) is 10.3. The lowest BCUT2D eigenvalue weighted by Gasteiger charge is -2.21. The van der Waals surface area contributed by atoms with Crippen LogP contribution in [0.5, 0.6) is 5.75 Å². The molecular formula is C24H32N2O3. The predicted octanol–water partition coefficient (Wildman–Crippen LogP) is 5.13. The number of carbonyl (C=O) groups is 2. The van der Waals surface area contributed by atoms with Gasteiger partial charge in [-0.15, -0.1) is 0 Å². The Balaban J connectivity index is 2.12. The molecule has 2 unspecified atom stereocenters. The number of ether oxygens (including phenoxy) is 1. The largest absolute Gasteiger partial charge is 0.480 e. The number of nitrogens with one attached hydrogen (secondary N) is 2. The lowest BCUT2D eigenvalue weighted by Crippen LogP contribution is -2.33. The Morgan fingerprint density at radius 3 is 2.34 bits per heavy atom. The van der Waals surface area contributed by atoms with Crippen molar-refractivity contribution in [2.24, 2.45) is 0 Å². The summed E-state index contributed by atoms with van der Waals surface area (Å²) in [7, 11) is 0. The van der Waals surface area contributed by atoms with Gasteiger partial charge in [0.1, 0.15) is 5.75 Å². The van der Waals surface area contributed by atoms with E-state index >= 15 is 0 Å². The molecule has 0 spiro atoms. The summed E-state index contributed by atoms with van der Waals surface area (Å²) >= 11 is 0. The highest BCUT2D eigenvalue weighted by atomic mass is 16.5. The Morgan fingerprint density at radius 2 is 1.69 bits per heavy atom. The number of anilines is 1. The van der Waals surface area contributed by atoms with Crippen LogP contribution < -0.4 is 15.4 Å². The summed E-state index contributed by atoms with van der Waals surface area (Å²) in [6.45, 7) is 10.0. The third-order valence-corrected chi connectivity index (χ3v) is 4.81. The molecule has 0 bridgehead atoms. The average molecular weight is 397 g/mol. The van der Waals surface area contributed by atoms with Gasteiger partial charge in [0.2, 0.25) is 0 Å². The second-order valence-electron chi connectivity index (χ2n) is 7.56. The van der Waals surface area contributed by atoms with E-state index in [9.17, 15) is 9.59 Å². The van der Waals surface area contributed by atoms with Gasteiger partial charge in [0.15, 0.2) is 6.10 Å². The molecule has 0 aliphatic heterocycles. The van der Waals surface area contributed by atoms with E-state index in [4.69, 9.17) is 4.74 Å². The molecule has 2 aromatic carbocycles. The summed E-state index contributed by atoms with van der Waals surface area (Å²) in [6, 6.07) is 14.8. The van der Waals surface area contributed by atoms with Crippen molar-refractivity contribution in [3.63, 3.8) is 0 Å². The van der Waals surface area contributed by atoms with Crippen LogP contribution in [0.15, 0.2) is 48.5 Å². The first kappa shape index (κ1) is 22.5. The SMILES string of the molecule is CCC(Oc1ccccc1C(C)CC)C(=O)Nc1cccc(C(=O)NC(C)C)c1. The Bertz CT molecular complexity index is 832. The number of rotatable bonds is 9. The first-order chi connectivity index (χ1) is 13.8. The summed E-state index contributed by atoms with van der Waals surface area (Å²) in [4.78, 5) is 25.0. The zero-order valence-electron chi connectivity index (χ0n) is 18.0. The molecule has 5 nitrogen and oxygen atoms in total. The maximum absolute atomic E-state index is 12.8. The van der Waals surface area contributed by atoms with Crippen LogP contribution in [-0.2, 0) is 4.79 Å². The molecule has 0 radical (unpaired) electrons. The summed E-state index contributed by atoms with van der Waals surface area (Å²) in [5, 5.41) is 5.73. The van der Waals surface area contributed by atoms with E-state index in [2.05, 4.69) is 24.5 Å². The molecule has 29 heavy (non-hydrogen) atoms. The minimum absolute atomic E-state index is 0.0456. The van der Waals surface area contributed by atoms with E-state index in [0.29, 0.717) is 23.6 Å². The summed E-state index contributed by atoms with van der Waals surface area (Å²) in [6.07, 6.45) is 0.913. The highest BCUT2D eigenvalue weighted by molar-refractivity contribution is 5.98. The molecule has 0 aliphatic carbocycles. The Labute approximate surface area is 173 Å². The highest BCUT2D eigenvalue weighted by Crippen LogP contribution is 2.29. The standard InChI is InChI=1S/C24H32N2O3/c1-6-17(5)20-13-8-9-14-22(20)29-21(7-2)24(28)26-19-12-10-11-18(15-19)23(27)25-16(3)4/h8-17,21H,6-7H2,1-5H3,(H,25,27)(H,26,28). The van der Waals surface area contributed by atoms with Crippen LogP contribution in [0.25, 0.3) is 0 Å². The van der Waals surface area contributed by atoms with E-state index in [1.165, 1.54) is 0 Å². The van der Waals surface area contributed by atoms with Gasteiger partial charge in [-0.25, -0.2) is 0 Å². The van der Waals surface area contributed by atoms with Gasteiger partial charge in [0.05, 0.1) is 0 Å². The molecule has 2 atom stereocenters. The van der Waals surface area contributed by atoms with E-state index in [1.807, 2.05) is 45.0 Å². The minimum Gasteiger partial charge on any atom is -0.480 e. The zero-order chi connectivity index (χ0) is 21.4. The molecule has 0 saturated carbocycles. The van der Waals surface area contributed by atoms with Crippen molar-refractivity contribution < 1.29 is 14.3 Å². The molecule has 0 heterocycles. The van der Waals surface area contributed by atoms with Crippen molar-refractivity contribution in [2.75, 3.05) is 5.32 Å².